The molecule has 1 atom stereocenters. The first kappa shape index (κ1) is 12.2. The number of aromatic amines is 2. The Morgan fingerprint density at radius 1 is 1.35 bits per heavy atom. The Labute approximate surface area is 125 Å². The van der Waals surface area contributed by atoms with Gasteiger partial charge in [-0.05, 0) is 30.7 Å². The van der Waals surface area contributed by atoms with Gasteiger partial charge in [0.2, 0.25) is 0 Å². The van der Waals surface area contributed by atoms with E-state index in [0.29, 0.717) is 6.04 Å². The number of H-pyrrole nitrogens is 2. The molecule has 0 radical (unpaired) electrons. The zero-order valence-electron chi connectivity index (χ0n) is 10.9. The number of hydrogen-bond donors (Lipinski definition) is 3. The first-order chi connectivity index (χ1) is 9.81. The predicted molar refractivity (Wildman–Crippen MR) is 82.7 cm³/mol. The van der Waals surface area contributed by atoms with Crippen LogP contribution in [0.3, 0.4) is 0 Å². The maximum Gasteiger partial charge on any atom is 0.0921 e. The molecule has 3 heterocycles. The van der Waals surface area contributed by atoms with Crippen molar-refractivity contribution >= 4 is 26.8 Å². The molecule has 0 saturated heterocycles. The molecule has 0 amide bonds. The monoisotopic (exact) mass is 330 g/mol. The van der Waals surface area contributed by atoms with E-state index in [2.05, 4.69) is 54.4 Å². The summed E-state index contributed by atoms with van der Waals surface area (Å²) in [4.78, 5) is 10.9. The molecule has 4 rings (SSSR count). The van der Waals surface area contributed by atoms with Gasteiger partial charge in [-0.2, -0.15) is 0 Å². The zero-order chi connectivity index (χ0) is 13.5. The van der Waals surface area contributed by atoms with Crippen LogP contribution in [0.25, 0.3) is 10.9 Å². The van der Waals surface area contributed by atoms with Crippen molar-refractivity contribution in [2.45, 2.75) is 18.9 Å². The van der Waals surface area contributed by atoms with Crippen LogP contribution in [0.4, 0.5) is 0 Å². The smallest absolute Gasteiger partial charge is 0.0921 e. The van der Waals surface area contributed by atoms with Gasteiger partial charge in [-0.1, -0.05) is 22.0 Å². The van der Waals surface area contributed by atoms with Gasteiger partial charge in [0, 0.05) is 39.4 Å². The Hall–Kier alpha value is -1.59. The average Bonchev–Trinajstić information content (AvgIpc) is 3.06. The predicted octanol–water partition coefficient (Wildman–Crippen LogP) is 3.08. The van der Waals surface area contributed by atoms with E-state index in [1.807, 2.05) is 6.20 Å². The summed E-state index contributed by atoms with van der Waals surface area (Å²) in [6.07, 6.45) is 5.65. The Morgan fingerprint density at radius 2 is 2.30 bits per heavy atom. The van der Waals surface area contributed by atoms with Crippen LogP contribution >= 0.6 is 15.9 Å². The summed E-state index contributed by atoms with van der Waals surface area (Å²) in [6.45, 7) is 1.02. The van der Waals surface area contributed by atoms with Gasteiger partial charge in [-0.15, -0.1) is 0 Å². The highest BCUT2D eigenvalue weighted by Gasteiger charge is 2.24. The second-order valence-electron chi connectivity index (χ2n) is 5.24. The second-order valence-corrected chi connectivity index (χ2v) is 6.16. The number of nitrogens with zero attached hydrogens (tertiary/aromatic N) is 1. The molecule has 5 heteroatoms. The van der Waals surface area contributed by atoms with Crippen molar-refractivity contribution in [3.63, 3.8) is 0 Å². The highest BCUT2D eigenvalue weighted by atomic mass is 79.9. The molecule has 1 aliphatic heterocycles. The van der Waals surface area contributed by atoms with Crippen LogP contribution in [0.1, 0.15) is 23.0 Å². The van der Waals surface area contributed by atoms with Crippen molar-refractivity contribution in [3.05, 3.63) is 52.1 Å². The van der Waals surface area contributed by atoms with E-state index in [1.165, 1.54) is 22.2 Å². The number of benzene rings is 1. The maximum atomic E-state index is 4.10. The minimum atomic E-state index is 0.324. The summed E-state index contributed by atoms with van der Waals surface area (Å²) in [5, 5.41) is 4.94. The lowest BCUT2D eigenvalue weighted by molar-refractivity contribution is 0.491. The van der Waals surface area contributed by atoms with Gasteiger partial charge >= 0.3 is 0 Å². The minimum Gasteiger partial charge on any atom is -0.357 e. The van der Waals surface area contributed by atoms with E-state index in [-0.39, 0.29) is 0 Å². The van der Waals surface area contributed by atoms with E-state index in [4.69, 9.17) is 0 Å². The molecular formula is C15H15BrN4. The van der Waals surface area contributed by atoms with Crippen LogP contribution in [0.5, 0.6) is 0 Å². The molecule has 0 aliphatic carbocycles. The van der Waals surface area contributed by atoms with Crippen LogP contribution in [0.2, 0.25) is 0 Å². The van der Waals surface area contributed by atoms with Gasteiger partial charge < -0.3 is 15.3 Å². The quantitative estimate of drug-likeness (QED) is 0.676. The number of hydrogen-bond acceptors (Lipinski definition) is 2. The fourth-order valence-electron chi connectivity index (χ4n) is 3.08. The van der Waals surface area contributed by atoms with Crippen LogP contribution in [-0.2, 0) is 12.8 Å². The third-order valence-electron chi connectivity index (χ3n) is 3.99. The second kappa shape index (κ2) is 4.75. The van der Waals surface area contributed by atoms with E-state index in [1.54, 1.807) is 6.33 Å². The van der Waals surface area contributed by atoms with Gasteiger partial charge in [0.1, 0.15) is 0 Å². The first-order valence-electron chi connectivity index (χ1n) is 6.82. The highest BCUT2D eigenvalue weighted by Crippen LogP contribution is 2.32. The van der Waals surface area contributed by atoms with E-state index in [9.17, 15) is 0 Å². The molecule has 0 saturated carbocycles. The van der Waals surface area contributed by atoms with Crippen molar-refractivity contribution in [2.24, 2.45) is 0 Å². The van der Waals surface area contributed by atoms with Crippen LogP contribution in [0, 0.1) is 0 Å². The molecule has 0 bridgehead atoms. The summed E-state index contributed by atoms with van der Waals surface area (Å²) in [6, 6.07) is 6.79. The average molecular weight is 331 g/mol. The molecule has 20 heavy (non-hydrogen) atoms. The Morgan fingerprint density at radius 3 is 3.15 bits per heavy atom. The van der Waals surface area contributed by atoms with Crippen molar-refractivity contribution in [1.29, 1.82) is 0 Å². The fraction of sp³-hybridized carbons (Fsp3) is 0.267. The van der Waals surface area contributed by atoms with E-state index in [0.717, 1.165) is 29.6 Å². The van der Waals surface area contributed by atoms with Gasteiger partial charge in [0.15, 0.2) is 0 Å². The molecular weight excluding hydrogens is 316 g/mol. The van der Waals surface area contributed by atoms with Crippen molar-refractivity contribution < 1.29 is 0 Å². The molecule has 1 aromatic carbocycles. The Kier molecular flexibility index (Phi) is 2.89. The lowest BCUT2D eigenvalue weighted by atomic mass is 9.96. The molecule has 1 aliphatic rings. The van der Waals surface area contributed by atoms with E-state index >= 15 is 0 Å². The molecule has 3 N–H and O–H groups in total. The van der Waals surface area contributed by atoms with Crippen LogP contribution in [0.15, 0.2) is 35.2 Å². The van der Waals surface area contributed by atoms with Crippen molar-refractivity contribution in [3.8, 4) is 0 Å². The van der Waals surface area contributed by atoms with Crippen LogP contribution < -0.4 is 5.32 Å². The normalized spacial score (nSPS) is 18.4. The third kappa shape index (κ3) is 1.98. The number of aromatic nitrogens is 3. The van der Waals surface area contributed by atoms with Gasteiger partial charge in [0.25, 0.3) is 0 Å². The molecule has 0 fully saturated rings. The van der Waals surface area contributed by atoms with Crippen molar-refractivity contribution in [2.75, 3.05) is 6.54 Å². The summed E-state index contributed by atoms with van der Waals surface area (Å²) >= 11 is 3.54. The van der Waals surface area contributed by atoms with Gasteiger partial charge in [-0.3, -0.25) is 0 Å². The molecule has 1 unspecified atom stereocenters. The largest absolute Gasteiger partial charge is 0.357 e. The molecule has 0 spiro atoms. The lowest BCUT2D eigenvalue weighted by Crippen LogP contribution is -2.31. The summed E-state index contributed by atoms with van der Waals surface area (Å²) in [7, 11) is 0. The summed E-state index contributed by atoms with van der Waals surface area (Å²) in [5.74, 6) is 0. The first-order valence-corrected chi connectivity index (χ1v) is 7.61. The summed E-state index contributed by atoms with van der Waals surface area (Å²) < 4.78 is 1.11. The number of halogens is 1. The van der Waals surface area contributed by atoms with E-state index < -0.39 is 0 Å². The molecule has 4 nitrogen and oxygen atoms in total. The number of fused-ring (bicyclic) bond motifs is 3. The summed E-state index contributed by atoms with van der Waals surface area (Å²) in [5.41, 5.74) is 5.15. The Bertz CT molecular complexity index is 745. The van der Waals surface area contributed by atoms with Crippen molar-refractivity contribution in [1.82, 2.24) is 20.3 Å². The zero-order valence-corrected chi connectivity index (χ0v) is 12.5. The van der Waals surface area contributed by atoms with Gasteiger partial charge in [0.05, 0.1) is 12.4 Å². The number of rotatable bonds is 2. The minimum absolute atomic E-state index is 0.324. The number of nitrogens with one attached hydrogen (secondary N) is 3. The lowest BCUT2D eigenvalue weighted by Gasteiger charge is -2.23. The SMILES string of the molecule is Brc1ccc2c3c([nH]c2c1)C(Cc1cnc[nH]1)NCC3. The number of imidazole rings is 1. The molecule has 3 aromatic rings. The third-order valence-corrected chi connectivity index (χ3v) is 4.49. The maximum absolute atomic E-state index is 4.10. The highest BCUT2D eigenvalue weighted by molar-refractivity contribution is 9.10. The molecule has 102 valence electrons. The van der Waals surface area contributed by atoms with Crippen LogP contribution in [-0.4, -0.2) is 21.5 Å². The Balaban J connectivity index is 1.78. The fourth-order valence-corrected chi connectivity index (χ4v) is 3.44. The standard InChI is InChI=1S/C15H15BrN4/c16-9-1-2-11-12-3-4-18-14(6-10-7-17-8-19-10)15(12)20-13(11)5-9/h1-2,5,7-8,14,18,20H,3-4,6H2,(H,17,19). The topological polar surface area (TPSA) is 56.5 Å². The van der Waals surface area contributed by atoms with Gasteiger partial charge in [-0.25, -0.2) is 4.98 Å². The molecule has 2 aromatic heterocycles.